The molecule has 2 amide bonds. The Hall–Kier alpha value is -2.37. The highest BCUT2D eigenvalue weighted by atomic mass is 16.2. The highest BCUT2D eigenvalue weighted by Crippen LogP contribution is 2.23. The van der Waals surface area contributed by atoms with Crippen molar-refractivity contribution in [3.05, 3.63) is 24.3 Å². The zero-order valence-corrected chi connectivity index (χ0v) is 15.3. The lowest BCUT2D eigenvalue weighted by molar-refractivity contribution is -0.126. The fourth-order valence-electron chi connectivity index (χ4n) is 2.93. The molecule has 1 aliphatic rings. The molecular formula is C19H28N4O2. The molecule has 136 valence electrons. The van der Waals surface area contributed by atoms with E-state index in [0.717, 1.165) is 37.1 Å². The zero-order chi connectivity index (χ0) is 18.2. The van der Waals surface area contributed by atoms with E-state index in [1.54, 1.807) is 6.92 Å². The van der Waals surface area contributed by atoms with Crippen LogP contribution in [0, 0.1) is 5.92 Å². The van der Waals surface area contributed by atoms with Gasteiger partial charge >= 0.3 is 0 Å². The fourth-order valence-corrected chi connectivity index (χ4v) is 2.93. The van der Waals surface area contributed by atoms with E-state index < -0.39 is 0 Å². The number of hydrazone groups is 1. The molecule has 1 aromatic rings. The van der Waals surface area contributed by atoms with Gasteiger partial charge in [-0.2, -0.15) is 5.10 Å². The minimum absolute atomic E-state index is 0.0290. The van der Waals surface area contributed by atoms with Gasteiger partial charge in [0.25, 0.3) is 0 Å². The second-order valence-corrected chi connectivity index (χ2v) is 6.82. The Balaban J connectivity index is 1.79. The number of carbonyl (C=O) groups excluding carboxylic acids is 2. The quantitative estimate of drug-likeness (QED) is 0.615. The van der Waals surface area contributed by atoms with Crippen LogP contribution in [-0.2, 0) is 9.59 Å². The average molecular weight is 344 g/mol. The van der Waals surface area contributed by atoms with Gasteiger partial charge in [-0.1, -0.05) is 19.3 Å². The summed E-state index contributed by atoms with van der Waals surface area (Å²) in [4.78, 5) is 26.1. The monoisotopic (exact) mass is 344 g/mol. The van der Waals surface area contributed by atoms with E-state index in [4.69, 9.17) is 0 Å². The van der Waals surface area contributed by atoms with E-state index in [-0.39, 0.29) is 24.2 Å². The molecule has 2 N–H and O–H groups in total. The molecule has 0 atom stereocenters. The molecule has 0 aromatic heterocycles. The maximum Gasteiger partial charge on any atom is 0.243 e. The van der Waals surface area contributed by atoms with Crippen molar-refractivity contribution in [2.45, 2.75) is 45.4 Å². The number of amides is 2. The molecule has 0 unspecified atom stereocenters. The van der Waals surface area contributed by atoms with Crippen LogP contribution in [0.1, 0.15) is 45.4 Å². The van der Waals surface area contributed by atoms with Crippen molar-refractivity contribution in [2.75, 3.05) is 24.3 Å². The first kappa shape index (κ1) is 19.0. The highest BCUT2D eigenvalue weighted by molar-refractivity contribution is 6.05. The van der Waals surface area contributed by atoms with Gasteiger partial charge in [0, 0.05) is 37.1 Å². The molecule has 6 heteroatoms. The summed E-state index contributed by atoms with van der Waals surface area (Å²) in [5.41, 5.74) is 5.01. The second kappa shape index (κ2) is 9.20. The van der Waals surface area contributed by atoms with Crippen LogP contribution in [0.25, 0.3) is 0 Å². The van der Waals surface area contributed by atoms with Crippen molar-refractivity contribution < 1.29 is 9.59 Å². The third kappa shape index (κ3) is 6.21. The normalized spacial score (nSPS) is 15.6. The predicted octanol–water partition coefficient (Wildman–Crippen LogP) is 3.15. The van der Waals surface area contributed by atoms with Crippen LogP contribution in [0.3, 0.4) is 0 Å². The molecule has 0 bridgehead atoms. The van der Waals surface area contributed by atoms with Gasteiger partial charge < -0.3 is 10.2 Å². The molecule has 1 fully saturated rings. The van der Waals surface area contributed by atoms with Crippen molar-refractivity contribution in [2.24, 2.45) is 11.0 Å². The van der Waals surface area contributed by atoms with Crippen LogP contribution < -0.4 is 15.6 Å². The minimum Gasteiger partial charge on any atom is -0.378 e. The largest absolute Gasteiger partial charge is 0.378 e. The maximum atomic E-state index is 12.1. The predicted molar refractivity (Wildman–Crippen MR) is 102 cm³/mol. The fraction of sp³-hybridized carbons (Fsp3) is 0.526. The summed E-state index contributed by atoms with van der Waals surface area (Å²) in [6.45, 7) is 1.75. The molecule has 0 heterocycles. The number of benzene rings is 1. The molecular weight excluding hydrogens is 316 g/mol. The van der Waals surface area contributed by atoms with Gasteiger partial charge in [0.15, 0.2) is 0 Å². The molecule has 2 rings (SSSR count). The smallest absolute Gasteiger partial charge is 0.243 e. The summed E-state index contributed by atoms with van der Waals surface area (Å²) in [7, 11) is 3.93. The van der Waals surface area contributed by atoms with Crippen LogP contribution in [0.5, 0.6) is 0 Å². The molecule has 0 aliphatic heterocycles. The number of anilines is 2. The number of nitrogens with one attached hydrogen (secondary N) is 2. The first-order valence-electron chi connectivity index (χ1n) is 8.86. The molecule has 6 nitrogen and oxygen atoms in total. The average Bonchev–Trinajstić information content (AvgIpc) is 2.60. The highest BCUT2D eigenvalue weighted by Gasteiger charge is 2.20. The van der Waals surface area contributed by atoms with Gasteiger partial charge in [-0.15, -0.1) is 0 Å². The SMILES string of the molecule is CC(CC(=O)Nc1ccc(N(C)C)cc1)=NNC(=O)C1CCCCC1. The minimum atomic E-state index is -0.147. The van der Waals surface area contributed by atoms with E-state index in [1.807, 2.05) is 43.3 Å². The van der Waals surface area contributed by atoms with E-state index in [9.17, 15) is 9.59 Å². The van der Waals surface area contributed by atoms with Gasteiger partial charge in [-0.3, -0.25) is 9.59 Å². The standard InChI is InChI=1S/C19H28N4O2/c1-14(21-22-19(25)15-7-5-4-6-8-15)13-18(24)20-16-9-11-17(12-10-16)23(2)3/h9-12,15H,4-8,13H2,1-3H3,(H,20,24)(H,22,25). The Labute approximate surface area is 149 Å². The lowest BCUT2D eigenvalue weighted by atomic mass is 9.89. The van der Waals surface area contributed by atoms with Crippen molar-refractivity contribution in [1.29, 1.82) is 0 Å². The summed E-state index contributed by atoms with van der Waals surface area (Å²) in [6.07, 6.45) is 5.45. The third-order valence-corrected chi connectivity index (χ3v) is 4.42. The number of hydrogen-bond acceptors (Lipinski definition) is 4. The van der Waals surface area contributed by atoms with Crippen molar-refractivity contribution in [3.8, 4) is 0 Å². The summed E-state index contributed by atoms with van der Waals surface area (Å²) in [5.74, 6) is -0.112. The molecule has 1 aromatic carbocycles. The summed E-state index contributed by atoms with van der Waals surface area (Å²) >= 11 is 0. The summed E-state index contributed by atoms with van der Waals surface area (Å²) in [5, 5.41) is 6.91. The van der Waals surface area contributed by atoms with Gasteiger partial charge in [0.1, 0.15) is 0 Å². The van der Waals surface area contributed by atoms with Crippen LogP contribution >= 0.6 is 0 Å². The Morgan fingerprint density at radius 1 is 1.12 bits per heavy atom. The first-order chi connectivity index (χ1) is 12.0. The summed E-state index contributed by atoms with van der Waals surface area (Å²) in [6, 6.07) is 7.62. The third-order valence-electron chi connectivity index (χ3n) is 4.42. The van der Waals surface area contributed by atoms with Crippen LogP contribution in [-0.4, -0.2) is 31.6 Å². The van der Waals surface area contributed by atoms with Gasteiger partial charge in [0.05, 0.1) is 6.42 Å². The molecule has 1 saturated carbocycles. The van der Waals surface area contributed by atoms with Crippen molar-refractivity contribution in [3.63, 3.8) is 0 Å². The molecule has 0 saturated heterocycles. The van der Waals surface area contributed by atoms with Gasteiger partial charge in [0.2, 0.25) is 11.8 Å². The summed E-state index contributed by atoms with van der Waals surface area (Å²) < 4.78 is 0. The zero-order valence-electron chi connectivity index (χ0n) is 15.3. The Kier molecular flexibility index (Phi) is 6.98. The number of carbonyl (C=O) groups is 2. The van der Waals surface area contributed by atoms with Crippen LogP contribution in [0.4, 0.5) is 11.4 Å². The number of hydrogen-bond donors (Lipinski definition) is 2. The van der Waals surface area contributed by atoms with Crippen molar-refractivity contribution >= 4 is 28.9 Å². The Morgan fingerprint density at radius 2 is 1.76 bits per heavy atom. The second-order valence-electron chi connectivity index (χ2n) is 6.82. The van der Waals surface area contributed by atoms with Gasteiger partial charge in [-0.05, 0) is 44.0 Å². The van der Waals surface area contributed by atoms with Crippen LogP contribution in [0.15, 0.2) is 29.4 Å². The molecule has 1 aliphatic carbocycles. The topological polar surface area (TPSA) is 73.8 Å². The molecule has 0 radical (unpaired) electrons. The Bertz CT molecular complexity index is 617. The first-order valence-corrected chi connectivity index (χ1v) is 8.86. The molecule has 0 spiro atoms. The molecule has 25 heavy (non-hydrogen) atoms. The van der Waals surface area contributed by atoms with E-state index >= 15 is 0 Å². The lowest BCUT2D eigenvalue weighted by Gasteiger charge is -2.19. The van der Waals surface area contributed by atoms with E-state index in [1.165, 1.54) is 6.42 Å². The maximum absolute atomic E-state index is 12.1. The van der Waals surface area contributed by atoms with Gasteiger partial charge in [-0.25, -0.2) is 5.43 Å². The van der Waals surface area contributed by atoms with E-state index in [2.05, 4.69) is 15.8 Å². The van der Waals surface area contributed by atoms with Crippen molar-refractivity contribution in [1.82, 2.24) is 5.43 Å². The Morgan fingerprint density at radius 3 is 2.36 bits per heavy atom. The van der Waals surface area contributed by atoms with E-state index in [0.29, 0.717) is 5.71 Å². The number of rotatable bonds is 6. The lowest BCUT2D eigenvalue weighted by Crippen LogP contribution is -2.29. The number of nitrogens with zero attached hydrogens (tertiary/aromatic N) is 2. The van der Waals surface area contributed by atoms with Crippen LogP contribution in [0.2, 0.25) is 0 Å².